The van der Waals surface area contributed by atoms with Gasteiger partial charge in [0.15, 0.2) is 13.6 Å². The summed E-state index contributed by atoms with van der Waals surface area (Å²) in [7, 11) is 3.10. The van der Waals surface area contributed by atoms with E-state index in [2.05, 4.69) is 5.32 Å². The van der Waals surface area contributed by atoms with Crippen molar-refractivity contribution in [3.63, 3.8) is 0 Å². The van der Waals surface area contributed by atoms with E-state index in [9.17, 15) is 29.4 Å². The molecule has 0 spiro atoms. The minimum atomic E-state index is -1.11. The number of nitrogens with two attached hydrogens (primary N) is 1. The van der Waals surface area contributed by atoms with Crippen LogP contribution in [0.1, 0.15) is 104 Å². The number of nitrogens with zero attached hydrogens (tertiary/aromatic N) is 3. The molecule has 0 saturated carbocycles. The number of carbonyl (C=O) groups excluding carboxylic acids is 4. The maximum atomic E-state index is 13.4. The summed E-state index contributed by atoms with van der Waals surface area (Å²) in [6.45, 7) is 14.7. The van der Waals surface area contributed by atoms with Gasteiger partial charge >= 0.3 is 12.2 Å². The molecule has 0 radical (unpaired) electrons. The van der Waals surface area contributed by atoms with Crippen molar-refractivity contribution >= 4 is 24.0 Å². The Bertz CT molecular complexity index is 2300. The molecule has 6 atom stereocenters. The molecule has 3 aromatic carbocycles. The van der Waals surface area contributed by atoms with Crippen molar-refractivity contribution in [3.8, 4) is 17.2 Å². The molecule has 4 heterocycles. The normalized spacial score (nSPS) is 20.3. The topological polar surface area (TPSA) is 230 Å². The van der Waals surface area contributed by atoms with Gasteiger partial charge in [-0.05, 0) is 139 Å². The summed E-state index contributed by atoms with van der Waals surface area (Å²) in [4.78, 5) is 57.7. The number of rotatable bonds is 15. The summed E-state index contributed by atoms with van der Waals surface area (Å²) in [5.41, 5.74) is 8.81. The lowest BCUT2D eigenvalue weighted by molar-refractivity contribution is -0.0116. The predicted molar refractivity (Wildman–Crippen MR) is 261 cm³/mol. The molecule has 4 amide bonds. The molecule has 7 rings (SSSR count). The van der Waals surface area contributed by atoms with Gasteiger partial charge in [0.25, 0.3) is 11.8 Å². The Morgan fingerprint density at radius 3 is 1.69 bits per heavy atom. The molecule has 2 fully saturated rings. The third-order valence-corrected chi connectivity index (χ3v) is 12.5. The van der Waals surface area contributed by atoms with Crippen LogP contribution in [0, 0.1) is 0 Å². The number of fused-ring (bicyclic) bond motifs is 4. The summed E-state index contributed by atoms with van der Waals surface area (Å²) in [5, 5.41) is 24.5. The van der Waals surface area contributed by atoms with Gasteiger partial charge in [-0.15, -0.1) is 0 Å². The van der Waals surface area contributed by atoms with Crippen molar-refractivity contribution in [2.75, 3.05) is 60.7 Å². The Labute approximate surface area is 416 Å². The van der Waals surface area contributed by atoms with Gasteiger partial charge in [0, 0.05) is 46.0 Å². The van der Waals surface area contributed by atoms with Crippen LogP contribution in [0.4, 0.5) is 9.59 Å². The number of methoxy groups -OCH3 is 2. The first kappa shape index (κ1) is 54.6. The highest BCUT2D eigenvalue weighted by Crippen LogP contribution is 2.34. The number of aliphatic hydroxyl groups excluding tert-OH is 2. The van der Waals surface area contributed by atoms with Crippen LogP contribution in [0.5, 0.6) is 17.2 Å². The van der Waals surface area contributed by atoms with E-state index in [1.807, 2.05) is 62.1 Å². The van der Waals surface area contributed by atoms with E-state index in [1.165, 1.54) is 12.0 Å². The molecular weight excluding hydrogens is 919 g/mol. The minimum Gasteiger partial charge on any atom is -0.493 e. The SMILES string of the molecule is CCOc1cc(C(=O)N2C3CCC2COC3)ccc1C(=O)NC[C@@H](O)[C@@H]1Cc2ccc(OCOC)cc2CN1C(=O)OC(C)(C)C.COCOc1ccc2c(c1)CN(C(=O)OC(C)(C)C)[C@H]([C@H](O)CN)C2. The standard InChI is InChI=1S/C34H45N3O9.C18H28N2O5/c1-6-44-30-15-22(32(40)37-24-9-10-25(37)19-43-18-24)8-12-27(30)31(39)35-16-29(38)28-14-21-7-11-26(45-20-42-5)13-23(21)17-36(28)33(41)46-34(2,3)4;1-18(2,3)25-17(22)20-10-13-7-14(24-11-23-4)6-5-12(13)8-15(20)16(21)9-19/h7-8,11-13,15,24-25,28-29,38H,6,9-10,14,16-20H2,1-5H3,(H,35,39);5-7,15-16,21H,8-11,19H2,1-4H3/t24?,25?,28-,29+;15-,16+/m00/s1. The average molecular weight is 992 g/mol. The Balaban J connectivity index is 0.000000279. The highest BCUT2D eigenvalue weighted by atomic mass is 16.7. The fraction of sp³-hybridized carbons (Fsp3) is 0.577. The van der Waals surface area contributed by atoms with Crippen LogP contribution in [0.3, 0.4) is 0 Å². The van der Waals surface area contributed by atoms with Gasteiger partial charge < -0.3 is 64.1 Å². The molecule has 2 unspecified atom stereocenters. The molecule has 71 heavy (non-hydrogen) atoms. The molecule has 5 N–H and O–H groups in total. The molecule has 0 aromatic heterocycles. The summed E-state index contributed by atoms with van der Waals surface area (Å²) < 4.78 is 43.5. The number of amides is 4. The zero-order valence-corrected chi connectivity index (χ0v) is 42.6. The Morgan fingerprint density at radius 2 is 1.23 bits per heavy atom. The number of ether oxygens (including phenoxy) is 8. The second-order valence-electron chi connectivity index (χ2n) is 20.1. The first-order valence-electron chi connectivity index (χ1n) is 24.2. The van der Waals surface area contributed by atoms with Gasteiger partial charge in [-0.3, -0.25) is 19.4 Å². The zero-order valence-electron chi connectivity index (χ0n) is 42.6. The van der Waals surface area contributed by atoms with Crippen LogP contribution in [-0.4, -0.2) is 157 Å². The van der Waals surface area contributed by atoms with Gasteiger partial charge in [-0.1, -0.05) is 12.1 Å². The molecule has 4 aliphatic heterocycles. The van der Waals surface area contributed by atoms with Crippen LogP contribution in [0.2, 0.25) is 0 Å². The summed E-state index contributed by atoms with van der Waals surface area (Å²) in [6.07, 6.45) is -0.257. The third kappa shape index (κ3) is 14.3. The fourth-order valence-corrected chi connectivity index (χ4v) is 9.14. The van der Waals surface area contributed by atoms with E-state index in [1.54, 1.807) is 57.9 Å². The Hall–Kier alpha value is -5.70. The second kappa shape index (κ2) is 24.1. The summed E-state index contributed by atoms with van der Waals surface area (Å²) in [6, 6.07) is 15.1. The van der Waals surface area contributed by atoms with Gasteiger partial charge in [-0.25, -0.2) is 9.59 Å². The van der Waals surface area contributed by atoms with Crippen molar-refractivity contribution in [2.45, 2.75) is 135 Å². The molecule has 19 heteroatoms. The van der Waals surface area contributed by atoms with Crippen molar-refractivity contribution in [1.82, 2.24) is 20.0 Å². The molecule has 2 bridgehead atoms. The lowest BCUT2D eigenvalue weighted by atomic mass is 9.91. The van der Waals surface area contributed by atoms with E-state index in [0.717, 1.165) is 35.1 Å². The second-order valence-corrected chi connectivity index (χ2v) is 20.1. The van der Waals surface area contributed by atoms with Crippen LogP contribution >= 0.6 is 0 Å². The van der Waals surface area contributed by atoms with Gasteiger partial charge in [0.05, 0.1) is 61.8 Å². The summed E-state index contributed by atoms with van der Waals surface area (Å²) >= 11 is 0. The van der Waals surface area contributed by atoms with Crippen molar-refractivity contribution in [2.24, 2.45) is 5.73 Å². The zero-order chi connectivity index (χ0) is 51.6. The largest absolute Gasteiger partial charge is 0.493 e. The molecule has 19 nitrogen and oxygen atoms in total. The third-order valence-electron chi connectivity index (χ3n) is 12.5. The highest BCUT2D eigenvalue weighted by molar-refractivity contribution is 6.00. The van der Waals surface area contributed by atoms with Crippen LogP contribution < -0.4 is 25.3 Å². The molecule has 4 aliphatic rings. The summed E-state index contributed by atoms with van der Waals surface area (Å²) in [5.74, 6) is 0.993. The maximum Gasteiger partial charge on any atom is 0.410 e. The fourth-order valence-electron chi connectivity index (χ4n) is 9.14. The van der Waals surface area contributed by atoms with Crippen LogP contribution in [0.25, 0.3) is 0 Å². The lowest BCUT2D eigenvalue weighted by Gasteiger charge is -2.40. The number of benzene rings is 3. The monoisotopic (exact) mass is 992 g/mol. The maximum absolute atomic E-state index is 13.4. The van der Waals surface area contributed by atoms with E-state index >= 15 is 0 Å². The number of hydrogen-bond acceptors (Lipinski definition) is 15. The van der Waals surface area contributed by atoms with Crippen molar-refractivity contribution in [1.29, 1.82) is 0 Å². The molecular formula is C52H73N5O14. The van der Waals surface area contributed by atoms with Gasteiger partial charge in [0.2, 0.25) is 0 Å². The number of aliphatic hydroxyl groups is 2. The van der Waals surface area contributed by atoms with E-state index in [4.69, 9.17) is 43.6 Å². The number of carbonyl (C=O) groups is 4. The van der Waals surface area contributed by atoms with E-state index in [0.29, 0.717) is 56.3 Å². The quantitative estimate of drug-likeness (QED) is 0.144. The van der Waals surface area contributed by atoms with Crippen LogP contribution in [0.15, 0.2) is 54.6 Å². The first-order valence-corrected chi connectivity index (χ1v) is 24.2. The van der Waals surface area contributed by atoms with Gasteiger partial charge in [-0.2, -0.15) is 0 Å². The smallest absolute Gasteiger partial charge is 0.410 e. The van der Waals surface area contributed by atoms with E-state index in [-0.39, 0.29) is 62.5 Å². The number of morpholine rings is 1. The molecule has 0 aliphatic carbocycles. The highest BCUT2D eigenvalue weighted by Gasteiger charge is 2.42. The Morgan fingerprint density at radius 1 is 0.718 bits per heavy atom. The molecule has 2 saturated heterocycles. The minimum absolute atomic E-state index is 0.0595. The molecule has 3 aromatic rings. The number of nitrogens with one attached hydrogen (secondary N) is 1. The number of hydrogen-bond donors (Lipinski definition) is 4. The average Bonchev–Trinajstić information content (AvgIpc) is 3.58. The van der Waals surface area contributed by atoms with Gasteiger partial charge in [0.1, 0.15) is 28.5 Å². The lowest BCUT2D eigenvalue weighted by Crippen LogP contribution is -2.54. The Kier molecular flexibility index (Phi) is 18.6. The van der Waals surface area contributed by atoms with E-state index < -0.39 is 53.6 Å². The predicted octanol–water partition coefficient (Wildman–Crippen LogP) is 5.17. The van der Waals surface area contributed by atoms with Crippen LogP contribution in [-0.2, 0) is 49.6 Å². The van der Waals surface area contributed by atoms with Crippen molar-refractivity contribution in [3.05, 3.63) is 88.0 Å². The first-order chi connectivity index (χ1) is 33.7. The molecule has 390 valence electrons. The van der Waals surface area contributed by atoms with Crippen molar-refractivity contribution < 1.29 is 67.3 Å².